The van der Waals surface area contributed by atoms with Gasteiger partial charge in [0.25, 0.3) is 0 Å². The number of benzene rings is 1. The molecule has 0 unspecified atom stereocenters. The van der Waals surface area contributed by atoms with Crippen LogP contribution in [0.2, 0.25) is 0 Å². The molecule has 0 bridgehead atoms. The third-order valence-corrected chi connectivity index (χ3v) is 3.86. The number of carbonyl (C=O) groups excluding carboxylic acids is 1. The van der Waals surface area contributed by atoms with Crippen molar-refractivity contribution in [2.24, 2.45) is 0 Å². The van der Waals surface area contributed by atoms with E-state index in [0.717, 1.165) is 5.69 Å². The van der Waals surface area contributed by atoms with Crippen LogP contribution in [0, 0.1) is 0 Å². The second-order valence-corrected chi connectivity index (χ2v) is 5.65. The van der Waals surface area contributed by atoms with Gasteiger partial charge < -0.3 is 15.4 Å². The van der Waals surface area contributed by atoms with Crippen molar-refractivity contribution < 1.29 is 9.53 Å². The first-order chi connectivity index (χ1) is 12.8. The molecule has 4 rings (SSSR count). The molecule has 1 aliphatic heterocycles. The SMILES string of the molecule is O=C(Nc1ccccc1)N1CCOc2ccc(Nc3ccccn3)nc21. The molecule has 0 spiro atoms. The molecule has 2 amide bonds. The number of nitrogens with zero attached hydrogens (tertiary/aromatic N) is 3. The monoisotopic (exact) mass is 347 g/mol. The molecule has 0 radical (unpaired) electrons. The van der Waals surface area contributed by atoms with E-state index in [0.29, 0.717) is 36.4 Å². The Hall–Kier alpha value is -3.61. The van der Waals surface area contributed by atoms with E-state index in [1.807, 2.05) is 48.5 Å². The van der Waals surface area contributed by atoms with E-state index in [9.17, 15) is 4.79 Å². The number of hydrogen-bond donors (Lipinski definition) is 2. The highest BCUT2D eigenvalue weighted by atomic mass is 16.5. The molecule has 0 aliphatic carbocycles. The lowest BCUT2D eigenvalue weighted by atomic mass is 10.3. The minimum atomic E-state index is -0.247. The van der Waals surface area contributed by atoms with Gasteiger partial charge in [-0.2, -0.15) is 0 Å². The Morgan fingerprint density at radius 2 is 1.85 bits per heavy atom. The molecule has 1 aromatic carbocycles. The molecule has 7 nitrogen and oxygen atoms in total. The van der Waals surface area contributed by atoms with Crippen LogP contribution < -0.4 is 20.3 Å². The van der Waals surface area contributed by atoms with E-state index >= 15 is 0 Å². The summed E-state index contributed by atoms with van der Waals surface area (Å²) >= 11 is 0. The van der Waals surface area contributed by atoms with E-state index in [1.54, 1.807) is 23.2 Å². The Morgan fingerprint density at radius 3 is 2.65 bits per heavy atom. The van der Waals surface area contributed by atoms with E-state index in [-0.39, 0.29) is 6.03 Å². The zero-order chi connectivity index (χ0) is 17.8. The van der Waals surface area contributed by atoms with E-state index in [4.69, 9.17) is 4.74 Å². The lowest BCUT2D eigenvalue weighted by Gasteiger charge is -2.28. The molecular weight excluding hydrogens is 330 g/mol. The molecular formula is C19H17N5O2. The van der Waals surface area contributed by atoms with Crippen molar-refractivity contribution in [3.05, 3.63) is 66.9 Å². The van der Waals surface area contributed by atoms with Gasteiger partial charge in [0.05, 0.1) is 6.54 Å². The largest absolute Gasteiger partial charge is 0.488 e. The van der Waals surface area contributed by atoms with Gasteiger partial charge in [-0.1, -0.05) is 24.3 Å². The van der Waals surface area contributed by atoms with Gasteiger partial charge in [0, 0.05) is 11.9 Å². The van der Waals surface area contributed by atoms with Crippen LogP contribution in [0.1, 0.15) is 0 Å². The van der Waals surface area contributed by atoms with E-state index in [2.05, 4.69) is 20.6 Å². The minimum absolute atomic E-state index is 0.247. The van der Waals surface area contributed by atoms with Crippen molar-refractivity contribution in [1.82, 2.24) is 9.97 Å². The number of hydrogen-bond acceptors (Lipinski definition) is 5. The van der Waals surface area contributed by atoms with Crippen molar-refractivity contribution in [3.63, 3.8) is 0 Å². The van der Waals surface area contributed by atoms with E-state index < -0.39 is 0 Å². The van der Waals surface area contributed by atoms with Crippen molar-refractivity contribution in [2.45, 2.75) is 0 Å². The number of amides is 2. The molecule has 7 heteroatoms. The average Bonchev–Trinajstić information content (AvgIpc) is 2.69. The van der Waals surface area contributed by atoms with Crippen LogP contribution in [0.15, 0.2) is 66.9 Å². The lowest BCUT2D eigenvalue weighted by molar-refractivity contribution is 0.249. The van der Waals surface area contributed by atoms with Crippen molar-refractivity contribution >= 4 is 29.2 Å². The van der Waals surface area contributed by atoms with Gasteiger partial charge in [-0.15, -0.1) is 0 Å². The molecule has 0 saturated heterocycles. The molecule has 26 heavy (non-hydrogen) atoms. The van der Waals surface area contributed by atoms with Crippen LogP contribution in [0.25, 0.3) is 0 Å². The zero-order valence-corrected chi connectivity index (χ0v) is 13.9. The van der Waals surface area contributed by atoms with Gasteiger partial charge in [0.2, 0.25) is 0 Å². The zero-order valence-electron chi connectivity index (χ0n) is 13.9. The Balaban J connectivity index is 1.58. The number of ether oxygens (including phenoxy) is 1. The summed E-state index contributed by atoms with van der Waals surface area (Å²) in [6.07, 6.45) is 1.70. The molecule has 130 valence electrons. The third kappa shape index (κ3) is 3.41. The van der Waals surface area contributed by atoms with Gasteiger partial charge in [-0.05, 0) is 36.4 Å². The van der Waals surface area contributed by atoms with Gasteiger partial charge >= 0.3 is 6.03 Å². The summed E-state index contributed by atoms with van der Waals surface area (Å²) in [6.45, 7) is 0.843. The lowest BCUT2D eigenvalue weighted by Crippen LogP contribution is -2.41. The van der Waals surface area contributed by atoms with Crippen LogP contribution in [-0.4, -0.2) is 29.2 Å². The molecule has 3 heterocycles. The predicted molar refractivity (Wildman–Crippen MR) is 100 cm³/mol. The Morgan fingerprint density at radius 1 is 1.00 bits per heavy atom. The Kier molecular flexibility index (Phi) is 4.34. The number of urea groups is 1. The molecule has 2 N–H and O–H groups in total. The van der Waals surface area contributed by atoms with Crippen LogP contribution in [0.5, 0.6) is 5.75 Å². The van der Waals surface area contributed by atoms with Crippen molar-refractivity contribution in [3.8, 4) is 5.75 Å². The summed E-state index contributed by atoms with van der Waals surface area (Å²) in [4.78, 5) is 23.0. The Labute approximate surface area is 150 Å². The van der Waals surface area contributed by atoms with Gasteiger partial charge in [-0.25, -0.2) is 14.8 Å². The predicted octanol–water partition coefficient (Wildman–Crippen LogP) is 3.65. The Bertz CT molecular complexity index is 902. The number of pyridine rings is 2. The number of rotatable bonds is 3. The van der Waals surface area contributed by atoms with Gasteiger partial charge in [-0.3, -0.25) is 4.90 Å². The van der Waals surface area contributed by atoms with Crippen molar-refractivity contribution in [1.29, 1.82) is 0 Å². The fourth-order valence-corrected chi connectivity index (χ4v) is 2.64. The highest BCUT2D eigenvalue weighted by Crippen LogP contribution is 2.32. The maximum absolute atomic E-state index is 12.7. The van der Waals surface area contributed by atoms with Crippen molar-refractivity contribution in [2.75, 3.05) is 28.7 Å². The summed E-state index contributed by atoms with van der Waals surface area (Å²) in [6, 6.07) is 18.2. The highest BCUT2D eigenvalue weighted by molar-refractivity contribution is 6.02. The first kappa shape index (κ1) is 15.9. The number of nitrogens with one attached hydrogen (secondary N) is 2. The fourth-order valence-electron chi connectivity index (χ4n) is 2.64. The molecule has 1 aliphatic rings. The second kappa shape index (κ2) is 7.10. The molecule has 0 fully saturated rings. The fraction of sp³-hybridized carbons (Fsp3) is 0.105. The summed E-state index contributed by atoms with van der Waals surface area (Å²) < 4.78 is 5.63. The minimum Gasteiger partial charge on any atom is -0.488 e. The quantitative estimate of drug-likeness (QED) is 0.756. The van der Waals surface area contributed by atoms with Crippen LogP contribution in [-0.2, 0) is 0 Å². The number of carbonyl (C=O) groups is 1. The van der Waals surface area contributed by atoms with E-state index in [1.165, 1.54) is 0 Å². The second-order valence-electron chi connectivity index (χ2n) is 5.65. The topological polar surface area (TPSA) is 79.4 Å². The average molecular weight is 347 g/mol. The van der Waals surface area contributed by atoms with Crippen LogP contribution in [0.3, 0.4) is 0 Å². The number of anilines is 4. The molecule has 0 atom stereocenters. The number of fused-ring (bicyclic) bond motifs is 1. The van der Waals surface area contributed by atoms with Gasteiger partial charge in [0.15, 0.2) is 11.6 Å². The first-order valence-corrected chi connectivity index (χ1v) is 8.25. The standard InChI is InChI=1S/C19H17N5O2/c25-19(21-14-6-2-1-3-7-14)24-12-13-26-15-9-10-17(23-18(15)24)22-16-8-4-5-11-20-16/h1-11H,12-13H2,(H,21,25)(H,20,22,23). The highest BCUT2D eigenvalue weighted by Gasteiger charge is 2.25. The smallest absolute Gasteiger partial charge is 0.327 e. The summed E-state index contributed by atoms with van der Waals surface area (Å²) in [7, 11) is 0. The summed E-state index contributed by atoms with van der Waals surface area (Å²) in [5.41, 5.74) is 0.730. The third-order valence-electron chi connectivity index (χ3n) is 3.86. The number of aromatic nitrogens is 2. The van der Waals surface area contributed by atoms with Crippen LogP contribution >= 0.6 is 0 Å². The maximum atomic E-state index is 12.7. The number of para-hydroxylation sites is 1. The summed E-state index contributed by atoms with van der Waals surface area (Å²) in [5.74, 6) is 2.32. The summed E-state index contributed by atoms with van der Waals surface area (Å²) in [5, 5.41) is 6.01. The van der Waals surface area contributed by atoms with Crippen LogP contribution in [0.4, 0.5) is 27.9 Å². The normalized spacial score (nSPS) is 12.7. The first-order valence-electron chi connectivity index (χ1n) is 8.25. The maximum Gasteiger partial charge on any atom is 0.327 e. The molecule has 3 aromatic rings. The molecule has 2 aromatic heterocycles. The van der Waals surface area contributed by atoms with Gasteiger partial charge in [0.1, 0.15) is 18.2 Å². The molecule has 0 saturated carbocycles.